The zero-order valence-electron chi connectivity index (χ0n) is 12.1. The Morgan fingerprint density at radius 2 is 2.33 bits per heavy atom. The van der Waals surface area contributed by atoms with Gasteiger partial charge in [0.1, 0.15) is 12.8 Å². The summed E-state index contributed by atoms with van der Waals surface area (Å²) in [6.07, 6.45) is 2.77. The van der Waals surface area contributed by atoms with Gasteiger partial charge in [0.15, 0.2) is 23.0 Å². The molecule has 1 aliphatic heterocycles. The molecule has 0 amide bonds. The van der Waals surface area contributed by atoms with Crippen LogP contribution in [0.5, 0.6) is 0 Å². The minimum absolute atomic E-state index is 0.168. The maximum Gasteiger partial charge on any atom is 0.280 e. The van der Waals surface area contributed by atoms with E-state index in [4.69, 9.17) is 16.9 Å². The van der Waals surface area contributed by atoms with Crippen molar-refractivity contribution in [2.24, 2.45) is 0 Å². The molecule has 9 nitrogen and oxygen atoms in total. The summed E-state index contributed by atoms with van der Waals surface area (Å²) in [4.78, 5) is 21.6. The number of nitrogens with two attached hydrogens (primary N) is 1. The molecule has 4 atom stereocenters. The molecule has 1 fully saturated rings. The first-order chi connectivity index (χ1) is 11.3. The number of alkyl halides is 2. The average molecular weight is 341 g/mol. The zero-order chi connectivity index (χ0) is 17.7. The number of aliphatic hydroxyl groups excluding tert-OH is 1. The molecule has 5 N–H and O–H groups in total. The fourth-order valence-corrected chi connectivity index (χ4v) is 2.76. The number of nitrogens with one attached hydrogen (secondary N) is 1. The Morgan fingerprint density at radius 3 is 2.92 bits per heavy atom. The van der Waals surface area contributed by atoms with Gasteiger partial charge in [-0.3, -0.25) is 14.3 Å². The number of aromatic amines is 1. The maximum atomic E-state index is 15.3. The molecule has 0 bridgehead atoms. The third-order valence-electron chi connectivity index (χ3n) is 4.08. The maximum absolute atomic E-state index is 15.3. The average Bonchev–Trinajstić information content (AvgIpc) is 3.06. The van der Waals surface area contributed by atoms with Crippen LogP contribution in [0.2, 0.25) is 0 Å². The summed E-state index contributed by atoms with van der Waals surface area (Å²) in [7, 11) is 0. The number of terminal acetylenes is 1. The second-order valence-electron chi connectivity index (χ2n) is 5.35. The molecule has 24 heavy (non-hydrogen) atoms. The Hall–Kier alpha value is -2.55. The van der Waals surface area contributed by atoms with E-state index in [9.17, 15) is 19.4 Å². The number of H-pyrrole nitrogens is 1. The van der Waals surface area contributed by atoms with Crippen molar-refractivity contribution in [1.29, 1.82) is 0 Å². The van der Waals surface area contributed by atoms with Crippen molar-refractivity contribution < 1.29 is 23.7 Å². The highest BCUT2D eigenvalue weighted by Crippen LogP contribution is 2.48. The lowest BCUT2D eigenvalue weighted by Crippen LogP contribution is -2.57. The highest BCUT2D eigenvalue weighted by atomic mass is 19.2. The second-order valence-corrected chi connectivity index (χ2v) is 5.35. The Morgan fingerprint density at radius 1 is 1.62 bits per heavy atom. The molecule has 0 aromatic carbocycles. The van der Waals surface area contributed by atoms with Gasteiger partial charge in [0.2, 0.25) is 11.6 Å². The van der Waals surface area contributed by atoms with E-state index in [0.29, 0.717) is 0 Å². The molecule has 0 unspecified atom stereocenters. The first kappa shape index (κ1) is 16.3. The third-order valence-corrected chi connectivity index (χ3v) is 4.08. The van der Waals surface area contributed by atoms with Crippen molar-refractivity contribution in [1.82, 2.24) is 19.5 Å². The van der Waals surface area contributed by atoms with Gasteiger partial charge in [-0.15, -0.1) is 6.42 Å². The highest BCUT2D eigenvalue weighted by molar-refractivity contribution is 5.70. The molecule has 0 radical (unpaired) electrons. The number of hydrogen-bond acceptors (Lipinski definition) is 7. The Balaban J connectivity index is 2.23. The van der Waals surface area contributed by atoms with Crippen molar-refractivity contribution in [2.45, 2.75) is 23.6 Å². The summed E-state index contributed by atoms with van der Waals surface area (Å²) in [6, 6.07) is 0. The molecular weight excluding hydrogens is 328 g/mol. The second kappa shape index (κ2) is 5.23. The molecule has 3 heterocycles. The molecule has 2 aromatic rings. The minimum atomic E-state index is -3.05. The van der Waals surface area contributed by atoms with Gasteiger partial charge in [-0.1, -0.05) is 5.92 Å². The number of hydrogen-bond donors (Lipinski definition) is 4. The fraction of sp³-hybridized carbons (Fsp3) is 0.462. The molecular formula is C13H13F2N5O4. The summed E-state index contributed by atoms with van der Waals surface area (Å²) in [5.41, 5.74) is -1.42. The van der Waals surface area contributed by atoms with Gasteiger partial charge in [-0.2, -0.15) is 4.98 Å². The Bertz CT molecular complexity index is 893. The predicted molar refractivity (Wildman–Crippen MR) is 77.2 cm³/mol. The SMILES string of the molecule is C#C[C@]1(F)[C@H](n2cnc3c(=O)[nH]c(N)nc32)O[C@H](CO)[C@]1(O)CF. The van der Waals surface area contributed by atoms with E-state index < -0.39 is 42.4 Å². The van der Waals surface area contributed by atoms with Gasteiger partial charge in [-0.25, -0.2) is 13.8 Å². The zero-order valence-corrected chi connectivity index (χ0v) is 12.1. The van der Waals surface area contributed by atoms with Crippen LogP contribution in [0, 0.1) is 12.3 Å². The number of nitrogen functional groups attached to an aromatic ring is 1. The molecule has 3 rings (SSSR count). The number of nitrogens with zero attached hydrogens (tertiary/aromatic N) is 3. The summed E-state index contributed by atoms with van der Waals surface area (Å²) in [5, 5.41) is 19.6. The van der Waals surface area contributed by atoms with Gasteiger partial charge in [0.25, 0.3) is 5.56 Å². The van der Waals surface area contributed by atoms with Gasteiger partial charge in [0.05, 0.1) is 12.9 Å². The van der Waals surface area contributed by atoms with Crippen LogP contribution in [0.3, 0.4) is 0 Å². The van der Waals surface area contributed by atoms with E-state index in [2.05, 4.69) is 15.0 Å². The molecule has 0 aliphatic carbocycles. The van der Waals surface area contributed by atoms with Crippen molar-refractivity contribution in [3.63, 3.8) is 0 Å². The van der Waals surface area contributed by atoms with E-state index in [1.807, 2.05) is 0 Å². The standard InChI is InChI=1S/C13H13F2N5O4/c1-2-12(15)10(24-6(3-21)13(12,23)4-14)20-5-17-7-8(20)18-11(16)19-9(7)22/h1,5-6,10,21,23H,3-4H2,(H3,16,18,19,22)/t6-,10-,12+,13-/m1/s1. The lowest BCUT2D eigenvalue weighted by molar-refractivity contribution is -0.104. The molecule has 2 aromatic heterocycles. The van der Waals surface area contributed by atoms with E-state index >= 15 is 4.39 Å². The summed E-state index contributed by atoms with van der Waals surface area (Å²) >= 11 is 0. The number of fused-ring (bicyclic) bond motifs is 1. The molecule has 1 saturated heterocycles. The number of anilines is 1. The lowest BCUT2D eigenvalue weighted by Gasteiger charge is -2.32. The molecule has 0 spiro atoms. The van der Waals surface area contributed by atoms with E-state index in [0.717, 1.165) is 10.9 Å². The summed E-state index contributed by atoms with van der Waals surface area (Å²) in [6.45, 7) is -2.48. The minimum Gasteiger partial charge on any atom is -0.394 e. The predicted octanol–water partition coefficient (Wildman–Crippen LogP) is -1.37. The Kier molecular flexibility index (Phi) is 3.56. The normalized spacial score (nSPS) is 33.0. The lowest BCUT2D eigenvalue weighted by atomic mass is 9.83. The van der Waals surface area contributed by atoms with Crippen LogP contribution in [0.1, 0.15) is 6.23 Å². The van der Waals surface area contributed by atoms with Crippen molar-refractivity contribution in [2.75, 3.05) is 19.0 Å². The van der Waals surface area contributed by atoms with Gasteiger partial charge < -0.3 is 20.7 Å². The number of ether oxygens (including phenoxy) is 1. The monoisotopic (exact) mass is 341 g/mol. The van der Waals surface area contributed by atoms with Crippen LogP contribution >= 0.6 is 0 Å². The number of aliphatic hydroxyl groups is 2. The molecule has 11 heteroatoms. The number of aromatic nitrogens is 4. The van der Waals surface area contributed by atoms with E-state index in [1.54, 1.807) is 5.92 Å². The van der Waals surface area contributed by atoms with Gasteiger partial charge in [0, 0.05) is 0 Å². The molecule has 0 saturated carbocycles. The van der Waals surface area contributed by atoms with Gasteiger partial charge >= 0.3 is 0 Å². The van der Waals surface area contributed by atoms with Crippen LogP contribution in [0.25, 0.3) is 11.2 Å². The van der Waals surface area contributed by atoms with Crippen molar-refractivity contribution in [3.8, 4) is 12.3 Å². The van der Waals surface area contributed by atoms with Crippen molar-refractivity contribution in [3.05, 3.63) is 16.7 Å². The highest BCUT2D eigenvalue weighted by Gasteiger charge is 2.68. The number of rotatable bonds is 3. The smallest absolute Gasteiger partial charge is 0.280 e. The van der Waals surface area contributed by atoms with Gasteiger partial charge in [-0.05, 0) is 0 Å². The third kappa shape index (κ3) is 1.87. The van der Waals surface area contributed by atoms with Crippen molar-refractivity contribution >= 4 is 17.1 Å². The Labute approximate surface area is 133 Å². The number of halogens is 2. The number of imidazole rings is 1. The van der Waals surface area contributed by atoms with E-state index in [-0.39, 0.29) is 17.1 Å². The fourth-order valence-electron chi connectivity index (χ4n) is 2.76. The topological polar surface area (TPSA) is 139 Å². The molecule has 128 valence electrons. The van der Waals surface area contributed by atoms with E-state index in [1.165, 1.54) is 0 Å². The quantitative estimate of drug-likeness (QED) is 0.505. The van der Waals surface area contributed by atoms with Crippen LogP contribution in [-0.4, -0.2) is 60.4 Å². The van der Waals surface area contributed by atoms with Crippen LogP contribution in [0.4, 0.5) is 14.7 Å². The first-order valence-corrected chi connectivity index (χ1v) is 6.76. The van der Waals surface area contributed by atoms with Crippen LogP contribution in [0.15, 0.2) is 11.1 Å². The van der Waals surface area contributed by atoms with Crippen LogP contribution in [-0.2, 0) is 4.74 Å². The first-order valence-electron chi connectivity index (χ1n) is 6.76. The molecule has 1 aliphatic rings. The van der Waals surface area contributed by atoms with Crippen LogP contribution < -0.4 is 11.3 Å². The summed E-state index contributed by atoms with van der Waals surface area (Å²) in [5.74, 6) is 1.43. The largest absolute Gasteiger partial charge is 0.394 e. The summed E-state index contributed by atoms with van der Waals surface area (Å²) < 4.78 is 34.9.